The maximum Gasteiger partial charge on any atom is 0.243 e. The molecule has 0 saturated carbocycles. The van der Waals surface area contributed by atoms with Crippen molar-refractivity contribution in [3.05, 3.63) is 48.5 Å². The highest BCUT2D eigenvalue weighted by atomic mass is 32.2. The monoisotopic (exact) mass is 475 g/mol. The molecular weight excluding hydrogens is 446 g/mol. The Hall–Kier alpha value is -2.82. The van der Waals surface area contributed by atoms with Crippen molar-refractivity contribution in [3.63, 3.8) is 0 Å². The molecule has 9 nitrogen and oxygen atoms in total. The summed E-state index contributed by atoms with van der Waals surface area (Å²) < 4.78 is 37.9. The summed E-state index contributed by atoms with van der Waals surface area (Å²) in [6.07, 6.45) is -0.792. The lowest BCUT2D eigenvalue weighted by molar-refractivity contribution is -0.135. The average Bonchev–Trinajstić information content (AvgIpc) is 3.26. The molecule has 1 amide bonds. The number of aliphatic hydroxyl groups excluding tert-OH is 1. The van der Waals surface area contributed by atoms with Crippen molar-refractivity contribution in [1.82, 2.24) is 9.21 Å². The van der Waals surface area contributed by atoms with Gasteiger partial charge in [0.1, 0.15) is 17.5 Å². The molecule has 2 fully saturated rings. The molecule has 2 aromatic carbocycles. The number of amides is 1. The van der Waals surface area contributed by atoms with E-state index in [9.17, 15) is 18.3 Å². The Morgan fingerprint density at radius 2 is 1.45 bits per heavy atom. The van der Waals surface area contributed by atoms with Gasteiger partial charge in [-0.3, -0.25) is 4.79 Å². The molecule has 0 radical (unpaired) electrons. The standard InChI is InChI=1S/C23H29N3O6S/c1-31-19-5-3-17(4-6-19)24-11-13-25(14-12-24)23(28)22-15-18(27)16-26(22)33(29,30)21-9-7-20(32-2)8-10-21/h3-10,18,22,27H,11-16H2,1-2H3/t18?,22-/m0/s1. The minimum Gasteiger partial charge on any atom is -0.497 e. The smallest absolute Gasteiger partial charge is 0.243 e. The van der Waals surface area contributed by atoms with Crippen molar-refractivity contribution in [2.75, 3.05) is 51.8 Å². The van der Waals surface area contributed by atoms with Gasteiger partial charge < -0.3 is 24.4 Å². The topological polar surface area (TPSA) is 99.6 Å². The first-order chi connectivity index (χ1) is 15.8. The molecule has 2 heterocycles. The summed E-state index contributed by atoms with van der Waals surface area (Å²) in [6.45, 7) is 2.13. The Bertz CT molecular complexity index is 1070. The zero-order chi connectivity index (χ0) is 23.6. The van der Waals surface area contributed by atoms with E-state index in [0.717, 1.165) is 15.7 Å². The SMILES string of the molecule is COc1ccc(N2CCN(C(=O)[C@@H]3CC(O)CN3S(=O)(=O)c3ccc(OC)cc3)CC2)cc1. The highest BCUT2D eigenvalue weighted by Crippen LogP contribution is 2.29. The first kappa shape index (κ1) is 23.3. The summed E-state index contributed by atoms with van der Waals surface area (Å²) in [4.78, 5) is 17.3. The van der Waals surface area contributed by atoms with Gasteiger partial charge in [-0.25, -0.2) is 8.42 Å². The third kappa shape index (κ3) is 4.78. The molecule has 2 atom stereocenters. The van der Waals surface area contributed by atoms with E-state index in [-0.39, 0.29) is 23.8 Å². The number of piperazine rings is 1. The number of anilines is 1. The zero-order valence-electron chi connectivity index (χ0n) is 18.8. The molecule has 33 heavy (non-hydrogen) atoms. The number of sulfonamides is 1. The van der Waals surface area contributed by atoms with Crippen molar-refractivity contribution in [2.24, 2.45) is 0 Å². The number of methoxy groups -OCH3 is 2. The predicted octanol–water partition coefficient (Wildman–Crippen LogP) is 1.18. The van der Waals surface area contributed by atoms with E-state index in [2.05, 4.69) is 4.90 Å². The number of aliphatic hydroxyl groups is 1. The van der Waals surface area contributed by atoms with E-state index in [1.807, 2.05) is 24.3 Å². The van der Waals surface area contributed by atoms with Crippen LogP contribution in [0.5, 0.6) is 11.5 Å². The van der Waals surface area contributed by atoms with E-state index in [4.69, 9.17) is 9.47 Å². The molecule has 10 heteroatoms. The minimum absolute atomic E-state index is 0.0690. The van der Waals surface area contributed by atoms with Gasteiger partial charge in [-0.1, -0.05) is 0 Å². The zero-order valence-corrected chi connectivity index (χ0v) is 19.6. The fraction of sp³-hybridized carbons (Fsp3) is 0.435. The normalized spacial score (nSPS) is 21.8. The first-order valence-electron chi connectivity index (χ1n) is 10.8. The molecule has 2 saturated heterocycles. The molecule has 2 aliphatic rings. The molecule has 0 spiro atoms. The molecule has 1 unspecified atom stereocenters. The number of benzene rings is 2. The quantitative estimate of drug-likeness (QED) is 0.670. The Morgan fingerprint density at radius 1 is 0.909 bits per heavy atom. The van der Waals surface area contributed by atoms with Crippen LogP contribution in [0, 0.1) is 0 Å². The maximum atomic E-state index is 13.3. The van der Waals surface area contributed by atoms with Crippen LogP contribution >= 0.6 is 0 Å². The van der Waals surface area contributed by atoms with Crippen molar-refractivity contribution in [3.8, 4) is 11.5 Å². The van der Waals surface area contributed by atoms with Gasteiger partial charge >= 0.3 is 0 Å². The second-order valence-electron chi connectivity index (χ2n) is 8.17. The second kappa shape index (κ2) is 9.58. The van der Waals surface area contributed by atoms with E-state index in [1.165, 1.54) is 19.2 Å². The van der Waals surface area contributed by atoms with E-state index in [0.29, 0.717) is 31.9 Å². The van der Waals surface area contributed by atoms with Crippen molar-refractivity contribution < 1.29 is 27.8 Å². The molecule has 4 rings (SSSR count). The number of hydrogen-bond donors (Lipinski definition) is 1. The van der Waals surface area contributed by atoms with Gasteiger partial charge in [-0.15, -0.1) is 0 Å². The molecular formula is C23H29N3O6S. The van der Waals surface area contributed by atoms with Crippen LogP contribution in [0.15, 0.2) is 53.4 Å². The number of hydrogen-bond acceptors (Lipinski definition) is 7. The molecule has 2 aromatic rings. The molecule has 0 bridgehead atoms. The summed E-state index contributed by atoms with van der Waals surface area (Å²) in [7, 11) is -0.816. The summed E-state index contributed by atoms with van der Waals surface area (Å²) in [6, 6.07) is 12.9. The molecule has 1 N–H and O–H groups in total. The lowest BCUT2D eigenvalue weighted by atomic mass is 10.1. The number of nitrogens with zero attached hydrogens (tertiary/aromatic N) is 3. The fourth-order valence-corrected chi connectivity index (χ4v) is 5.98. The van der Waals surface area contributed by atoms with Crippen molar-refractivity contribution in [1.29, 1.82) is 0 Å². The van der Waals surface area contributed by atoms with E-state index >= 15 is 0 Å². The van der Waals surface area contributed by atoms with Crippen molar-refractivity contribution in [2.45, 2.75) is 23.5 Å². The summed E-state index contributed by atoms with van der Waals surface area (Å²) in [5.41, 5.74) is 1.04. The average molecular weight is 476 g/mol. The number of ether oxygens (including phenoxy) is 2. The first-order valence-corrected chi connectivity index (χ1v) is 12.3. The summed E-state index contributed by atoms with van der Waals surface area (Å²) in [5, 5.41) is 10.2. The second-order valence-corrected chi connectivity index (χ2v) is 10.1. The van der Waals surface area contributed by atoms with Gasteiger partial charge in [0, 0.05) is 44.8 Å². The fourth-order valence-electron chi connectivity index (χ4n) is 4.35. The van der Waals surface area contributed by atoms with Crippen LogP contribution in [0.3, 0.4) is 0 Å². The minimum atomic E-state index is -3.94. The number of rotatable bonds is 6. The molecule has 178 valence electrons. The van der Waals surface area contributed by atoms with E-state index in [1.54, 1.807) is 24.1 Å². The maximum absolute atomic E-state index is 13.3. The van der Waals surface area contributed by atoms with Gasteiger partial charge in [-0.05, 0) is 48.5 Å². The Kier molecular flexibility index (Phi) is 6.78. The predicted molar refractivity (Wildman–Crippen MR) is 123 cm³/mol. The van der Waals surface area contributed by atoms with Gasteiger partial charge in [0.25, 0.3) is 0 Å². The van der Waals surface area contributed by atoms with Crippen molar-refractivity contribution >= 4 is 21.6 Å². The van der Waals surface area contributed by atoms with Crippen LogP contribution in [0.25, 0.3) is 0 Å². The number of carbonyl (C=O) groups is 1. The lowest BCUT2D eigenvalue weighted by Crippen LogP contribution is -2.54. The largest absolute Gasteiger partial charge is 0.497 e. The van der Waals surface area contributed by atoms with Gasteiger partial charge in [0.15, 0.2) is 0 Å². The van der Waals surface area contributed by atoms with Gasteiger partial charge in [-0.2, -0.15) is 4.31 Å². The van der Waals surface area contributed by atoms with E-state index < -0.39 is 22.2 Å². The van der Waals surface area contributed by atoms with Crippen LogP contribution in [-0.4, -0.2) is 87.7 Å². The van der Waals surface area contributed by atoms with Crippen LogP contribution in [-0.2, 0) is 14.8 Å². The molecule has 2 aliphatic heterocycles. The Labute approximate surface area is 194 Å². The van der Waals surface area contributed by atoms with Gasteiger partial charge in [0.05, 0.1) is 25.2 Å². The number of carbonyl (C=O) groups excluding carboxylic acids is 1. The third-order valence-electron chi connectivity index (χ3n) is 6.21. The third-order valence-corrected chi connectivity index (χ3v) is 8.10. The van der Waals surface area contributed by atoms with Crippen LogP contribution < -0.4 is 14.4 Å². The molecule has 0 aromatic heterocycles. The Morgan fingerprint density at radius 3 is 2.00 bits per heavy atom. The van der Waals surface area contributed by atoms with Gasteiger partial charge in [0.2, 0.25) is 15.9 Å². The highest BCUT2D eigenvalue weighted by molar-refractivity contribution is 7.89. The van der Waals surface area contributed by atoms with Crippen LogP contribution in [0.1, 0.15) is 6.42 Å². The lowest BCUT2D eigenvalue weighted by Gasteiger charge is -2.38. The Balaban J connectivity index is 1.45. The molecule has 0 aliphatic carbocycles. The summed E-state index contributed by atoms with van der Waals surface area (Å²) >= 11 is 0. The van der Waals surface area contributed by atoms with Crippen LogP contribution in [0.4, 0.5) is 5.69 Å². The summed E-state index contributed by atoms with van der Waals surface area (Å²) in [5.74, 6) is 1.06. The highest BCUT2D eigenvalue weighted by Gasteiger charge is 2.45. The van der Waals surface area contributed by atoms with Crippen LogP contribution in [0.2, 0.25) is 0 Å². The number of β-amino-alcohol motifs (C(OH)–C–C–N with tert-alkyl or cyclic N) is 1.